The first-order valence-electron chi connectivity index (χ1n) is 11.7. The molecule has 2 aliphatic rings. The zero-order chi connectivity index (χ0) is 22.7. The predicted octanol–water partition coefficient (Wildman–Crippen LogP) is 6.40. The summed E-state index contributed by atoms with van der Waals surface area (Å²) in [4.78, 5) is 11.6. The first-order valence-corrected chi connectivity index (χ1v) is 11.7. The van der Waals surface area contributed by atoms with Gasteiger partial charge in [-0.2, -0.15) is 0 Å². The van der Waals surface area contributed by atoms with Gasteiger partial charge in [-0.25, -0.2) is 4.39 Å². The Morgan fingerprint density at radius 1 is 1.06 bits per heavy atom. The van der Waals surface area contributed by atoms with Gasteiger partial charge in [0.05, 0.1) is 19.6 Å². The summed E-state index contributed by atoms with van der Waals surface area (Å²) in [7, 11) is 1.61. The fourth-order valence-corrected chi connectivity index (χ4v) is 5.21. The van der Waals surface area contributed by atoms with Crippen molar-refractivity contribution < 1.29 is 23.8 Å². The molecule has 1 N–H and O–H groups in total. The molecule has 0 amide bonds. The van der Waals surface area contributed by atoms with Crippen LogP contribution in [0.25, 0.3) is 0 Å². The molecule has 2 fully saturated rings. The lowest BCUT2D eigenvalue weighted by atomic mass is 9.79. The van der Waals surface area contributed by atoms with Crippen LogP contribution in [0.1, 0.15) is 68.4 Å². The number of aliphatic carboxylic acids is 1. The molecule has 4 rings (SSSR count). The SMILES string of the molecule is COc1ccc(F)c(C2CCC(COc3cccc([C@H](C4CC4)[C@@H](C)C(=O)O)c3)CC2)c1. The number of ether oxygens (including phenoxy) is 2. The Hall–Kier alpha value is -2.56. The van der Waals surface area contributed by atoms with Gasteiger partial charge in [0.2, 0.25) is 0 Å². The number of methoxy groups -OCH3 is 1. The number of rotatable bonds is 9. The third-order valence-electron chi connectivity index (χ3n) is 7.28. The third kappa shape index (κ3) is 5.25. The Labute approximate surface area is 189 Å². The lowest BCUT2D eigenvalue weighted by Gasteiger charge is -2.29. The summed E-state index contributed by atoms with van der Waals surface area (Å²) in [6.45, 7) is 2.45. The van der Waals surface area contributed by atoms with Gasteiger partial charge >= 0.3 is 5.97 Å². The zero-order valence-corrected chi connectivity index (χ0v) is 18.9. The van der Waals surface area contributed by atoms with Crippen molar-refractivity contribution in [3.63, 3.8) is 0 Å². The van der Waals surface area contributed by atoms with E-state index in [4.69, 9.17) is 9.47 Å². The molecule has 2 aromatic carbocycles. The predicted molar refractivity (Wildman–Crippen MR) is 122 cm³/mol. The Morgan fingerprint density at radius 3 is 2.47 bits per heavy atom. The summed E-state index contributed by atoms with van der Waals surface area (Å²) in [6, 6.07) is 13.0. The van der Waals surface area contributed by atoms with Crippen LogP contribution in [0.2, 0.25) is 0 Å². The topological polar surface area (TPSA) is 55.8 Å². The van der Waals surface area contributed by atoms with Crippen molar-refractivity contribution in [2.24, 2.45) is 17.8 Å². The number of carboxylic acid groups (broad SMARTS) is 1. The monoisotopic (exact) mass is 440 g/mol. The molecule has 172 valence electrons. The maximum atomic E-state index is 14.3. The molecular weight excluding hydrogens is 407 g/mol. The standard InChI is InChI=1S/C27H33FO4/c1-17(27(29)30)26(20-10-11-20)21-4-3-5-23(14-21)32-16-18-6-8-19(9-7-18)24-15-22(31-2)12-13-25(24)28/h3-5,12-15,17-20,26H,6-11,16H2,1-2H3,(H,29,30)/t17-,18?,19?,26+/m1/s1. The minimum atomic E-state index is -0.738. The maximum absolute atomic E-state index is 14.3. The van der Waals surface area contributed by atoms with Crippen LogP contribution >= 0.6 is 0 Å². The number of hydrogen-bond donors (Lipinski definition) is 1. The molecule has 0 saturated heterocycles. The summed E-state index contributed by atoms with van der Waals surface area (Å²) in [6.07, 6.45) is 6.09. The highest BCUT2D eigenvalue weighted by Gasteiger charge is 2.38. The number of benzene rings is 2. The van der Waals surface area contributed by atoms with Gasteiger partial charge < -0.3 is 14.6 Å². The van der Waals surface area contributed by atoms with Gasteiger partial charge in [0.1, 0.15) is 17.3 Å². The molecule has 0 aromatic heterocycles. The molecule has 0 radical (unpaired) electrons. The largest absolute Gasteiger partial charge is 0.497 e. The van der Waals surface area contributed by atoms with Crippen molar-refractivity contribution in [2.45, 2.75) is 57.3 Å². The Morgan fingerprint density at radius 2 is 1.81 bits per heavy atom. The smallest absolute Gasteiger partial charge is 0.306 e. The first-order chi connectivity index (χ1) is 15.5. The van der Waals surface area contributed by atoms with Crippen LogP contribution in [0.15, 0.2) is 42.5 Å². The molecule has 2 atom stereocenters. The second kappa shape index (κ2) is 9.93. The van der Waals surface area contributed by atoms with E-state index in [1.165, 1.54) is 6.07 Å². The highest BCUT2D eigenvalue weighted by molar-refractivity contribution is 5.71. The number of carboxylic acids is 1. The molecule has 0 spiro atoms. The highest BCUT2D eigenvalue weighted by atomic mass is 19.1. The third-order valence-corrected chi connectivity index (χ3v) is 7.28. The van der Waals surface area contributed by atoms with Crippen LogP contribution in [0.5, 0.6) is 11.5 Å². The summed E-state index contributed by atoms with van der Waals surface area (Å²) in [5.74, 6) is 1.40. The van der Waals surface area contributed by atoms with Gasteiger partial charge in [-0.1, -0.05) is 19.1 Å². The van der Waals surface area contributed by atoms with Gasteiger partial charge in [0, 0.05) is 0 Å². The average Bonchev–Trinajstić information content (AvgIpc) is 3.64. The minimum absolute atomic E-state index is 0.0456. The average molecular weight is 441 g/mol. The molecule has 5 heteroatoms. The van der Waals surface area contributed by atoms with E-state index < -0.39 is 11.9 Å². The van der Waals surface area contributed by atoms with Gasteiger partial charge in [-0.15, -0.1) is 0 Å². The van der Waals surface area contributed by atoms with Crippen molar-refractivity contribution in [3.05, 3.63) is 59.4 Å². The van der Waals surface area contributed by atoms with Gasteiger partial charge in [0.25, 0.3) is 0 Å². The highest BCUT2D eigenvalue weighted by Crippen LogP contribution is 2.47. The summed E-state index contributed by atoms with van der Waals surface area (Å²) in [5.41, 5.74) is 1.83. The minimum Gasteiger partial charge on any atom is -0.497 e. The van der Waals surface area contributed by atoms with E-state index in [2.05, 4.69) is 0 Å². The van der Waals surface area contributed by atoms with E-state index in [1.54, 1.807) is 13.2 Å². The van der Waals surface area contributed by atoms with Crippen molar-refractivity contribution in [2.75, 3.05) is 13.7 Å². The van der Waals surface area contributed by atoms with Crippen LogP contribution < -0.4 is 9.47 Å². The Balaban J connectivity index is 1.33. The number of halogens is 1. The fourth-order valence-electron chi connectivity index (χ4n) is 5.21. The zero-order valence-electron chi connectivity index (χ0n) is 18.9. The van der Waals surface area contributed by atoms with Crippen LogP contribution in [-0.4, -0.2) is 24.8 Å². The summed E-state index contributed by atoms with van der Waals surface area (Å²) >= 11 is 0. The molecule has 2 aromatic rings. The van der Waals surface area contributed by atoms with Crippen LogP contribution in [-0.2, 0) is 4.79 Å². The lowest BCUT2D eigenvalue weighted by Crippen LogP contribution is -2.21. The quantitative estimate of drug-likeness (QED) is 0.490. The number of carbonyl (C=O) groups is 1. The van der Waals surface area contributed by atoms with Crippen molar-refractivity contribution in [1.82, 2.24) is 0 Å². The van der Waals surface area contributed by atoms with E-state index in [0.29, 0.717) is 24.2 Å². The van der Waals surface area contributed by atoms with Gasteiger partial charge in [-0.05, 0) is 104 Å². The first kappa shape index (κ1) is 22.6. The summed E-state index contributed by atoms with van der Waals surface area (Å²) < 4.78 is 25.7. The second-order valence-electron chi connectivity index (χ2n) is 9.48. The Kier molecular flexibility index (Phi) is 7.02. The van der Waals surface area contributed by atoms with Crippen molar-refractivity contribution in [3.8, 4) is 11.5 Å². The lowest BCUT2D eigenvalue weighted by molar-refractivity contribution is -0.142. The van der Waals surface area contributed by atoms with Gasteiger partial charge in [0.15, 0.2) is 0 Å². The molecule has 0 aliphatic heterocycles. The molecular formula is C27H33FO4. The van der Waals surface area contributed by atoms with Crippen molar-refractivity contribution in [1.29, 1.82) is 0 Å². The van der Waals surface area contributed by atoms with Crippen LogP contribution in [0.3, 0.4) is 0 Å². The van der Waals surface area contributed by atoms with Crippen LogP contribution in [0.4, 0.5) is 4.39 Å². The maximum Gasteiger partial charge on any atom is 0.306 e. The van der Waals surface area contributed by atoms with E-state index in [9.17, 15) is 14.3 Å². The van der Waals surface area contributed by atoms with Crippen molar-refractivity contribution >= 4 is 5.97 Å². The van der Waals surface area contributed by atoms with E-state index >= 15 is 0 Å². The second-order valence-corrected chi connectivity index (χ2v) is 9.48. The molecule has 0 bridgehead atoms. The Bertz CT molecular complexity index is 931. The number of hydrogen-bond acceptors (Lipinski definition) is 3. The van der Waals surface area contributed by atoms with E-state index in [1.807, 2.05) is 37.3 Å². The fraction of sp³-hybridized carbons (Fsp3) is 0.519. The van der Waals surface area contributed by atoms with Gasteiger partial charge in [-0.3, -0.25) is 4.79 Å². The van der Waals surface area contributed by atoms with Crippen LogP contribution in [0, 0.1) is 23.6 Å². The molecule has 0 heterocycles. The molecule has 4 nitrogen and oxygen atoms in total. The summed E-state index contributed by atoms with van der Waals surface area (Å²) in [5, 5.41) is 9.52. The molecule has 2 saturated carbocycles. The molecule has 0 unspecified atom stereocenters. The van der Waals surface area contributed by atoms with E-state index in [-0.39, 0.29) is 17.7 Å². The van der Waals surface area contributed by atoms with E-state index in [0.717, 1.165) is 55.4 Å². The normalized spacial score (nSPS) is 22.7. The molecule has 2 aliphatic carbocycles. The molecule has 32 heavy (non-hydrogen) atoms.